The molecule has 0 saturated carbocycles. The molecule has 2 N–H and O–H groups in total. The van der Waals surface area contributed by atoms with Crippen molar-refractivity contribution in [2.75, 3.05) is 13.2 Å². The largest absolute Gasteiger partial charge is 0.377 e. The van der Waals surface area contributed by atoms with Crippen molar-refractivity contribution in [1.82, 2.24) is 10.0 Å². The van der Waals surface area contributed by atoms with Crippen LogP contribution in [-0.4, -0.2) is 33.6 Å². The molecule has 150 valence electrons. The summed E-state index contributed by atoms with van der Waals surface area (Å²) >= 11 is 6.09. The highest BCUT2D eigenvalue weighted by molar-refractivity contribution is 7.89. The van der Waals surface area contributed by atoms with Crippen molar-refractivity contribution in [3.8, 4) is 0 Å². The van der Waals surface area contributed by atoms with Crippen LogP contribution in [-0.2, 0) is 21.3 Å². The molecule has 6 nitrogen and oxygen atoms in total. The Balaban J connectivity index is 1.71. The lowest BCUT2D eigenvalue weighted by Crippen LogP contribution is -2.32. The molecule has 1 saturated heterocycles. The average Bonchev–Trinajstić information content (AvgIpc) is 3.19. The molecule has 1 amide bonds. The van der Waals surface area contributed by atoms with E-state index < -0.39 is 10.0 Å². The molecule has 3 rings (SSSR count). The molecule has 2 aromatic carbocycles. The Hall–Kier alpha value is -1.93. The topological polar surface area (TPSA) is 84.5 Å². The molecular formula is C20H23ClN2O4S. The van der Waals surface area contributed by atoms with E-state index >= 15 is 0 Å². The van der Waals surface area contributed by atoms with Crippen molar-refractivity contribution < 1.29 is 17.9 Å². The average molecular weight is 423 g/mol. The zero-order valence-electron chi connectivity index (χ0n) is 15.6. The van der Waals surface area contributed by atoms with Gasteiger partial charge < -0.3 is 10.1 Å². The van der Waals surface area contributed by atoms with Gasteiger partial charge in [0, 0.05) is 25.3 Å². The number of benzene rings is 2. The summed E-state index contributed by atoms with van der Waals surface area (Å²) in [6.45, 7) is 3.15. The first kappa shape index (κ1) is 20.8. The standard InChI is InChI=1S/C20H23ClN2O4S/c1-14-5-2-3-6-16(14)12-22-20(24)15-8-9-18(21)19(11-15)28(25,26)23-13-17-7-4-10-27-17/h2-3,5-6,8-9,11,17,23H,4,7,10,12-13H2,1H3,(H,22,24)/t17-/m1/s1. The van der Waals surface area contributed by atoms with Gasteiger partial charge in [-0.2, -0.15) is 0 Å². The van der Waals surface area contributed by atoms with Crippen LogP contribution in [0.25, 0.3) is 0 Å². The van der Waals surface area contributed by atoms with Crippen LogP contribution in [0.4, 0.5) is 0 Å². The number of hydrogen-bond acceptors (Lipinski definition) is 4. The molecule has 8 heteroatoms. The fraction of sp³-hybridized carbons (Fsp3) is 0.350. The first-order valence-corrected chi connectivity index (χ1v) is 11.0. The van der Waals surface area contributed by atoms with E-state index in [0.717, 1.165) is 24.0 Å². The van der Waals surface area contributed by atoms with Gasteiger partial charge in [0.15, 0.2) is 0 Å². The van der Waals surface area contributed by atoms with Crippen molar-refractivity contribution in [2.45, 2.75) is 37.3 Å². The maximum absolute atomic E-state index is 12.6. The SMILES string of the molecule is Cc1ccccc1CNC(=O)c1ccc(Cl)c(S(=O)(=O)NC[C@H]2CCCO2)c1. The minimum absolute atomic E-state index is 0.0651. The number of rotatable bonds is 7. The third kappa shape index (κ3) is 5.11. The predicted octanol–water partition coefficient (Wildman–Crippen LogP) is 3.04. The molecule has 1 aliphatic rings. The molecule has 2 aromatic rings. The molecule has 1 fully saturated rings. The van der Waals surface area contributed by atoms with Gasteiger partial charge in [-0.25, -0.2) is 13.1 Å². The van der Waals surface area contributed by atoms with Crippen LogP contribution in [0.1, 0.15) is 34.3 Å². The predicted molar refractivity (Wildman–Crippen MR) is 108 cm³/mol. The minimum atomic E-state index is -3.85. The Morgan fingerprint density at radius 3 is 2.75 bits per heavy atom. The maximum atomic E-state index is 12.6. The second-order valence-corrected chi connectivity index (χ2v) is 8.88. The zero-order valence-corrected chi connectivity index (χ0v) is 17.1. The maximum Gasteiger partial charge on any atom is 0.251 e. The Labute approximate surface area is 170 Å². The Morgan fingerprint density at radius 1 is 1.25 bits per heavy atom. The molecular weight excluding hydrogens is 400 g/mol. The number of nitrogens with one attached hydrogen (secondary N) is 2. The normalized spacial score (nSPS) is 16.9. The van der Waals surface area contributed by atoms with Crippen LogP contribution < -0.4 is 10.0 Å². The lowest BCUT2D eigenvalue weighted by atomic mass is 10.1. The van der Waals surface area contributed by atoms with E-state index in [1.807, 2.05) is 31.2 Å². The summed E-state index contributed by atoms with van der Waals surface area (Å²) in [4.78, 5) is 12.4. The third-order valence-electron chi connectivity index (χ3n) is 4.71. The number of ether oxygens (including phenoxy) is 1. The molecule has 1 aliphatic heterocycles. The van der Waals surface area contributed by atoms with Crippen LogP contribution >= 0.6 is 11.6 Å². The smallest absolute Gasteiger partial charge is 0.251 e. The number of sulfonamides is 1. The third-order valence-corrected chi connectivity index (χ3v) is 6.61. The first-order valence-electron chi connectivity index (χ1n) is 9.10. The monoisotopic (exact) mass is 422 g/mol. The Kier molecular flexibility index (Phi) is 6.72. The summed E-state index contributed by atoms with van der Waals surface area (Å²) in [5.41, 5.74) is 2.30. The zero-order chi connectivity index (χ0) is 20.1. The highest BCUT2D eigenvalue weighted by atomic mass is 35.5. The van der Waals surface area contributed by atoms with E-state index in [4.69, 9.17) is 16.3 Å². The Morgan fingerprint density at radius 2 is 2.04 bits per heavy atom. The van der Waals surface area contributed by atoms with Gasteiger partial charge in [-0.3, -0.25) is 4.79 Å². The number of aryl methyl sites for hydroxylation is 1. The van der Waals surface area contributed by atoms with Crippen molar-refractivity contribution in [1.29, 1.82) is 0 Å². The Bertz CT molecular complexity index is 956. The number of hydrogen-bond donors (Lipinski definition) is 2. The van der Waals surface area contributed by atoms with Gasteiger partial charge in [0.05, 0.1) is 11.1 Å². The molecule has 0 aliphatic carbocycles. The van der Waals surface area contributed by atoms with E-state index in [2.05, 4.69) is 10.0 Å². The first-order chi connectivity index (χ1) is 13.4. The van der Waals surface area contributed by atoms with Gasteiger partial charge in [-0.15, -0.1) is 0 Å². The van der Waals surface area contributed by atoms with Gasteiger partial charge in [0.2, 0.25) is 10.0 Å². The quantitative estimate of drug-likeness (QED) is 0.718. The summed E-state index contributed by atoms with van der Waals surface area (Å²) in [7, 11) is -3.85. The van der Waals surface area contributed by atoms with Crippen molar-refractivity contribution in [3.05, 3.63) is 64.2 Å². The molecule has 0 unspecified atom stereocenters. The molecule has 0 radical (unpaired) electrons. The van der Waals surface area contributed by atoms with Gasteiger partial charge in [0.1, 0.15) is 4.90 Å². The van der Waals surface area contributed by atoms with Gasteiger partial charge in [0.25, 0.3) is 5.91 Å². The van der Waals surface area contributed by atoms with Gasteiger partial charge >= 0.3 is 0 Å². The van der Waals surface area contributed by atoms with Gasteiger partial charge in [-0.05, 0) is 49.1 Å². The lowest BCUT2D eigenvalue weighted by molar-refractivity contribution is 0.0950. The molecule has 1 atom stereocenters. The number of carbonyl (C=O) groups excluding carboxylic acids is 1. The van der Waals surface area contributed by atoms with Crippen LogP contribution in [0, 0.1) is 6.92 Å². The minimum Gasteiger partial charge on any atom is -0.377 e. The van der Waals surface area contributed by atoms with Crippen molar-refractivity contribution >= 4 is 27.5 Å². The van der Waals surface area contributed by atoms with E-state index in [0.29, 0.717) is 13.2 Å². The van der Waals surface area contributed by atoms with Crippen LogP contribution in [0.3, 0.4) is 0 Å². The second kappa shape index (κ2) is 9.05. The van der Waals surface area contributed by atoms with Crippen LogP contribution in [0.5, 0.6) is 0 Å². The highest BCUT2D eigenvalue weighted by Crippen LogP contribution is 2.23. The lowest BCUT2D eigenvalue weighted by Gasteiger charge is -2.13. The summed E-state index contributed by atoms with van der Waals surface area (Å²) < 4.78 is 33.2. The number of halogens is 1. The second-order valence-electron chi connectivity index (χ2n) is 6.74. The summed E-state index contributed by atoms with van der Waals surface area (Å²) in [5, 5.41) is 2.88. The highest BCUT2D eigenvalue weighted by Gasteiger charge is 2.23. The van der Waals surface area contributed by atoms with E-state index in [-0.39, 0.29) is 34.0 Å². The van der Waals surface area contributed by atoms with Crippen molar-refractivity contribution in [2.24, 2.45) is 0 Å². The van der Waals surface area contributed by atoms with Crippen molar-refractivity contribution in [3.63, 3.8) is 0 Å². The summed E-state index contributed by atoms with van der Waals surface area (Å²) in [5.74, 6) is -0.365. The molecule has 0 bridgehead atoms. The number of amides is 1. The fourth-order valence-corrected chi connectivity index (χ4v) is 4.61. The van der Waals surface area contributed by atoms with E-state index in [1.165, 1.54) is 18.2 Å². The van der Waals surface area contributed by atoms with Gasteiger partial charge in [-0.1, -0.05) is 35.9 Å². The van der Waals surface area contributed by atoms with Crippen LogP contribution in [0.2, 0.25) is 5.02 Å². The molecule has 0 aromatic heterocycles. The van der Waals surface area contributed by atoms with E-state index in [1.54, 1.807) is 0 Å². The fourth-order valence-electron chi connectivity index (χ4n) is 3.02. The molecule has 1 heterocycles. The summed E-state index contributed by atoms with van der Waals surface area (Å²) in [6, 6.07) is 12.0. The molecule has 28 heavy (non-hydrogen) atoms. The van der Waals surface area contributed by atoms with Crippen LogP contribution in [0.15, 0.2) is 47.4 Å². The summed E-state index contributed by atoms with van der Waals surface area (Å²) in [6.07, 6.45) is 1.61. The van der Waals surface area contributed by atoms with E-state index in [9.17, 15) is 13.2 Å². The molecule has 0 spiro atoms. The number of carbonyl (C=O) groups is 1.